The van der Waals surface area contributed by atoms with Crippen molar-refractivity contribution in [1.29, 1.82) is 0 Å². The summed E-state index contributed by atoms with van der Waals surface area (Å²) >= 11 is 7.80. The SMILES string of the molecule is COc1ccc(Cl)c2sc(N(Cc3cccnc3)C(=O)c3ccc4ccccc4c3)nc12. The smallest absolute Gasteiger partial charge is 0.260 e. The zero-order chi connectivity index (χ0) is 22.1. The number of anilines is 1. The maximum absolute atomic E-state index is 13.7. The number of methoxy groups -OCH3 is 1. The van der Waals surface area contributed by atoms with Gasteiger partial charge in [0, 0.05) is 18.0 Å². The largest absolute Gasteiger partial charge is 0.494 e. The molecule has 0 unspecified atom stereocenters. The van der Waals surface area contributed by atoms with E-state index in [0.717, 1.165) is 21.0 Å². The van der Waals surface area contributed by atoms with Gasteiger partial charge in [-0.3, -0.25) is 14.7 Å². The molecule has 7 heteroatoms. The van der Waals surface area contributed by atoms with Gasteiger partial charge in [-0.25, -0.2) is 4.98 Å². The number of thiazole rings is 1. The summed E-state index contributed by atoms with van der Waals surface area (Å²) < 4.78 is 6.24. The summed E-state index contributed by atoms with van der Waals surface area (Å²) in [5, 5.41) is 3.21. The molecule has 1 amide bonds. The van der Waals surface area contributed by atoms with Gasteiger partial charge in [-0.1, -0.05) is 59.3 Å². The van der Waals surface area contributed by atoms with Crippen LogP contribution in [0.3, 0.4) is 0 Å². The topological polar surface area (TPSA) is 55.3 Å². The molecule has 0 atom stereocenters. The number of rotatable bonds is 5. The fourth-order valence-corrected chi connectivity index (χ4v) is 4.85. The Hall–Kier alpha value is -3.48. The van der Waals surface area contributed by atoms with Crippen LogP contribution in [0.2, 0.25) is 5.02 Å². The van der Waals surface area contributed by atoms with Crippen molar-refractivity contribution in [2.45, 2.75) is 6.54 Å². The molecule has 0 aliphatic heterocycles. The van der Waals surface area contributed by atoms with Crippen molar-refractivity contribution in [3.8, 4) is 5.75 Å². The number of amides is 1. The van der Waals surface area contributed by atoms with Crippen LogP contribution in [0.1, 0.15) is 15.9 Å². The Morgan fingerprint density at radius 3 is 2.69 bits per heavy atom. The van der Waals surface area contributed by atoms with Crippen molar-refractivity contribution in [1.82, 2.24) is 9.97 Å². The number of carbonyl (C=O) groups excluding carboxylic acids is 1. The average Bonchev–Trinajstić information content (AvgIpc) is 3.29. The highest BCUT2D eigenvalue weighted by molar-refractivity contribution is 7.23. The fraction of sp³-hybridized carbons (Fsp3) is 0.0800. The van der Waals surface area contributed by atoms with Gasteiger partial charge in [-0.15, -0.1) is 0 Å². The number of benzene rings is 3. The number of pyridine rings is 1. The molecule has 0 aliphatic rings. The van der Waals surface area contributed by atoms with Crippen LogP contribution in [0.25, 0.3) is 21.0 Å². The van der Waals surface area contributed by atoms with E-state index < -0.39 is 0 Å². The van der Waals surface area contributed by atoms with Crippen LogP contribution in [-0.4, -0.2) is 23.0 Å². The molecule has 0 aliphatic carbocycles. The minimum atomic E-state index is -0.145. The Morgan fingerprint density at radius 2 is 1.91 bits per heavy atom. The first-order valence-electron chi connectivity index (χ1n) is 9.96. The Bertz CT molecular complexity index is 1440. The maximum Gasteiger partial charge on any atom is 0.260 e. The van der Waals surface area contributed by atoms with E-state index in [1.807, 2.05) is 54.6 Å². The number of halogens is 1. The van der Waals surface area contributed by atoms with E-state index in [4.69, 9.17) is 21.3 Å². The van der Waals surface area contributed by atoms with Crippen LogP contribution in [0.15, 0.2) is 79.1 Å². The lowest BCUT2D eigenvalue weighted by Gasteiger charge is -2.20. The fourth-order valence-electron chi connectivity index (χ4n) is 3.60. The minimum absolute atomic E-state index is 0.145. The molecule has 5 rings (SSSR count). The highest BCUT2D eigenvalue weighted by Crippen LogP contribution is 2.39. The number of carbonyl (C=O) groups is 1. The Kier molecular flexibility index (Phi) is 5.47. The van der Waals surface area contributed by atoms with Crippen LogP contribution in [0.5, 0.6) is 5.75 Å². The van der Waals surface area contributed by atoms with E-state index in [2.05, 4.69) is 4.98 Å². The first-order chi connectivity index (χ1) is 15.6. The third-order valence-corrected chi connectivity index (χ3v) is 6.74. The molecule has 3 aromatic carbocycles. The molecule has 0 bridgehead atoms. The molecule has 5 nitrogen and oxygen atoms in total. The van der Waals surface area contributed by atoms with Crippen molar-refractivity contribution in [3.63, 3.8) is 0 Å². The van der Waals surface area contributed by atoms with Crippen molar-refractivity contribution in [2.75, 3.05) is 12.0 Å². The number of hydrogen-bond acceptors (Lipinski definition) is 5. The van der Waals surface area contributed by atoms with Gasteiger partial charge in [-0.2, -0.15) is 0 Å². The Balaban J connectivity index is 1.62. The zero-order valence-electron chi connectivity index (χ0n) is 17.2. The van der Waals surface area contributed by atoms with Gasteiger partial charge in [-0.05, 0) is 46.7 Å². The zero-order valence-corrected chi connectivity index (χ0v) is 18.7. The molecule has 32 heavy (non-hydrogen) atoms. The molecule has 0 spiro atoms. The standard InChI is InChI=1S/C25H18ClN3O2S/c1-31-21-11-10-20(26)23-22(21)28-25(32-23)29(15-16-5-4-12-27-14-16)24(30)19-9-8-17-6-2-3-7-18(17)13-19/h2-14H,15H2,1H3. The summed E-state index contributed by atoms with van der Waals surface area (Å²) in [6.07, 6.45) is 3.46. The summed E-state index contributed by atoms with van der Waals surface area (Å²) in [6.45, 7) is 0.333. The average molecular weight is 460 g/mol. The first-order valence-corrected chi connectivity index (χ1v) is 11.2. The van der Waals surface area contributed by atoms with E-state index in [1.54, 1.807) is 36.5 Å². The van der Waals surface area contributed by atoms with Gasteiger partial charge in [0.1, 0.15) is 11.3 Å². The predicted octanol–water partition coefficient (Wildman–Crippen LogP) is 6.35. The third-order valence-electron chi connectivity index (χ3n) is 5.20. The van der Waals surface area contributed by atoms with Crippen molar-refractivity contribution >= 4 is 55.0 Å². The molecule has 0 fully saturated rings. The van der Waals surface area contributed by atoms with Gasteiger partial charge in [0.05, 0.1) is 23.4 Å². The number of hydrogen-bond donors (Lipinski definition) is 0. The molecule has 0 saturated carbocycles. The highest BCUT2D eigenvalue weighted by atomic mass is 35.5. The molecule has 0 N–H and O–H groups in total. The van der Waals surface area contributed by atoms with Crippen LogP contribution >= 0.6 is 22.9 Å². The quantitative estimate of drug-likeness (QED) is 0.307. The second-order valence-corrected chi connectivity index (χ2v) is 8.62. The van der Waals surface area contributed by atoms with E-state index in [9.17, 15) is 4.79 Å². The normalized spacial score (nSPS) is 11.1. The lowest BCUT2D eigenvalue weighted by atomic mass is 10.1. The van der Waals surface area contributed by atoms with Gasteiger partial charge >= 0.3 is 0 Å². The lowest BCUT2D eigenvalue weighted by molar-refractivity contribution is 0.0985. The Morgan fingerprint density at radius 1 is 1.06 bits per heavy atom. The molecular weight excluding hydrogens is 442 g/mol. The minimum Gasteiger partial charge on any atom is -0.494 e. The summed E-state index contributed by atoms with van der Waals surface area (Å²) in [5.41, 5.74) is 2.13. The predicted molar refractivity (Wildman–Crippen MR) is 130 cm³/mol. The first kappa shape index (κ1) is 20.4. The van der Waals surface area contributed by atoms with Gasteiger partial charge in [0.2, 0.25) is 0 Å². The second kappa shape index (κ2) is 8.57. The maximum atomic E-state index is 13.7. The summed E-state index contributed by atoms with van der Waals surface area (Å²) in [7, 11) is 1.59. The number of ether oxygens (including phenoxy) is 1. The molecule has 0 saturated heterocycles. The van der Waals surface area contributed by atoms with Crippen LogP contribution in [0.4, 0.5) is 5.13 Å². The monoisotopic (exact) mass is 459 g/mol. The summed E-state index contributed by atoms with van der Waals surface area (Å²) in [6, 6.07) is 21.0. The van der Waals surface area contributed by atoms with Crippen molar-refractivity contribution in [2.24, 2.45) is 0 Å². The molecule has 0 radical (unpaired) electrons. The van der Waals surface area contributed by atoms with Crippen LogP contribution in [0, 0.1) is 0 Å². The molecule has 5 aromatic rings. The van der Waals surface area contributed by atoms with Crippen molar-refractivity contribution in [3.05, 3.63) is 95.3 Å². The van der Waals surface area contributed by atoms with E-state index in [-0.39, 0.29) is 5.91 Å². The molecule has 2 heterocycles. The van der Waals surface area contributed by atoms with E-state index >= 15 is 0 Å². The van der Waals surface area contributed by atoms with Crippen LogP contribution in [-0.2, 0) is 6.54 Å². The molecule has 158 valence electrons. The van der Waals surface area contributed by atoms with Gasteiger partial charge in [0.15, 0.2) is 5.13 Å². The summed E-state index contributed by atoms with van der Waals surface area (Å²) in [5.74, 6) is 0.472. The van der Waals surface area contributed by atoms with Crippen LogP contribution < -0.4 is 9.64 Å². The second-order valence-electron chi connectivity index (χ2n) is 7.24. The van der Waals surface area contributed by atoms with Gasteiger partial charge in [0.25, 0.3) is 5.91 Å². The number of nitrogens with zero attached hydrogens (tertiary/aromatic N) is 3. The van der Waals surface area contributed by atoms with Gasteiger partial charge < -0.3 is 4.74 Å². The highest BCUT2D eigenvalue weighted by Gasteiger charge is 2.24. The van der Waals surface area contributed by atoms with Crippen molar-refractivity contribution < 1.29 is 9.53 Å². The van der Waals surface area contributed by atoms with E-state index in [1.165, 1.54) is 11.3 Å². The third kappa shape index (κ3) is 3.79. The van der Waals surface area contributed by atoms with E-state index in [0.29, 0.717) is 33.5 Å². The Labute approximate surface area is 193 Å². The molecular formula is C25H18ClN3O2S. The summed E-state index contributed by atoms with van der Waals surface area (Å²) in [4.78, 5) is 24.3. The lowest BCUT2D eigenvalue weighted by Crippen LogP contribution is -2.30. The number of fused-ring (bicyclic) bond motifs is 2. The molecule has 2 aromatic heterocycles. The number of aromatic nitrogens is 2.